The van der Waals surface area contributed by atoms with Crippen LogP contribution in [0.15, 0.2) is 26.4 Å². The Labute approximate surface area is 157 Å². The molecule has 0 radical (unpaired) electrons. The highest BCUT2D eigenvalue weighted by Crippen LogP contribution is 2.33. The van der Waals surface area contributed by atoms with Gasteiger partial charge in [-0.25, -0.2) is 14.7 Å². The van der Waals surface area contributed by atoms with Crippen LogP contribution in [-0.2, 0) is 16.0 Å². The highest BCUT2D eigenvalue weighted by molar-refractivity contribution is 6.31. The number of allylic oxidation sites excluding steroid dienone is 1. The summed E-state index contributed by atoms with van der Waals surface area (Å²) >= 11 is 6.00. The number of aryl methyl sites for hydroxylation is 1. The van der Waals surface area contributed by atoms with Gasteiger partial charge in [-0.3, -0.25) is 14.4 Å². The van der Waals surface area contributed by atoms with Crippen LogP contribution in [0.1, 0.15) is 24.8 Å². The van der Waals surface area contributed by atoms with Crippen LogP contribution in [0.4, 0.5) is 4.79 Å². The number of carbonyl (C=O) groups is 3. The van der Waals surface area contributed by atoms with E-state index in [1.165, 1.54) is 6.07 Å². The van der Waals surface area contributed by atoms with Crippen molar-refractivity contribution < 1.29 is 28.6 Å². The molecular weight excluding hydrogens is 380 g/mol. The van der Waals surface area contributed by atoms with E-state index in [0.717, 1.165) is 13.0 Å². The fourth-order valence-electron chi connectivity index (χ4n) is 2.51. The molecule has 9 nitrogen and oxygen atoms in total. The third-order valence-corrected chi connectivity index (χ3v) is 4.07. The number of aromatic nitrogens is 1. The molecule has 140 valence electrons. The van der Waals surface area contributed by atoms with Crippen LogP contribution in [0.5, 0.6) is 5.75 Å². The molecule has 10 heteroatoms. The van der Waals surface area contributed by atoms with Crippen molar-refractivity contribution in [1.82, 2.24) is 9.88 Å². The van der Waals surface area contributed by atoms with Gasteiger partial charge >= 0.3 is 12.1 Å². The van der Waals surface area contributed by atoms with Crippen LogP contribution in [0, 0.1) is 0 Å². The minimum Gasteiger partial charge on any atom is -0.480 e. The Morgan fingerprint density at radius 3 is 2.74 bits per heavy atom. The highest BCUT2D eigenvalue weighted by Gasteiger charge is 2.28. The van der Waals surface area contributed by atoms with Gasteiger partial charge in [0.2, 0.25) is 17.1 Å². The molecule has 0 saturated heterocycles. The second-order valence-corrected chi connectivity index (χ2v) is 6.21. The molecule has 0 fully saturated rings. The van der Waals surface area contributed by atoms with Crippen LogP contribution in [0.3, 0.4) is 0 Å². The number of carboxylic acid groups (broad SMARTS) is 1. The Balaban J connectivity index is 2.03. The van der Waals surface area contributed by atoms with Crippen molar-refractivity contribution >= 4 is 35.6 Å². The summed E-state index contributed by atoms with van der Waals surface area (Å²) < 4.78 is 10.7. The number of carbonyl (C=O) groups excluding carboxylic acids is 2. The summed E-state index contributed by atoms with van der Waals surface area (Å²) in [5.41, 5.74) is 0.0712. The number of amides is 2. The standard InChI is InChI=1S/C17H13ClN2O7/c1-8(21)20(7-14(23)24)17(25)27-16-12(22)4-3-10-15(16)26-13-5-2-9(18)6-11(13)19-10/h3-4,6H,2,5,7H2,1H3,(H,23,24). The number of benzene rings is 1. The average Bonchev–Trinajstić information content (AvgIpc) is 2.60. The zero-order valence-electron chi connectivity index (χ0n) is 14.0. The first-order chi connectivity index (χ1) is 12.8. The zero-order chi connectivity index (χ0) is 19.7. The van der Waals surface area contributed by atoms with Gasteiger partial charge in [0.1, 0.15) is 23.7 Å². The van der Waals surface area contributed by atoms with Crippen molar-refractivity contribution in [2.24, 2.45) is 0 Å². The largest absolute Gasteiger partial charge is 0.480 e. The molecule has 0 spiro atoms. The topological polar surface area (TPSA) is 127 Å². The van der Waals surface area contributed by atoms with Crippen LogP contribution in [0.2, 0.25) is 0 Å². The molecule has 0 bridgehead atoms. The minimum absolute atomic E-state index is 0.0696. The van der Waals surface area contributed by atoms with Crippen LogP contribution < -0.4 is 10.2 Å². The molecule has 2 aliphatic carbocycles. The number of ether oxygens (including phenoxy) is 1. The van der Waals surface area contributed by atoms with E-state index in [4.69, 9.17) is 25.9 Å². The maximum absolute atomic E-state index is 12.2. The predicted molar refractivity (Wildman–Crippen MR) is 92.6 cm³/mol. The smallest absolute Gasteiger partial charge is 0.422 e. The van der Waals surface area contributed by atoms with Crippen LogP contribution in [0.25, 0.3) is 17.5 Å². The maximum atomic E-state index is 12.2. The van der Waals surface area contributed by atoms with E-state index in [2.05, 4.69) is 4.98 Å². The number of halogens is 1. The second kappa shape index (κ2) is 7.20. The van der Waals surface area contributed by atoms with Crippen LogP contribution in [-0.4, -0.2) is 39.5 Å². The van der Waals surface area contributed by atoms with Crippen molar-refractivity contribution in [2.45, 2.75) is 19.8 Å². The summed E-state index contributed by atoms with van der Waals surface area (Å²) in [7, 11) is 0. The van der Waals surface area contributed by atoms with E-state index in [9.17, 15) is 19.2 Å². The number of aliphatic carboxylic acids is 1. The van der Waals surface area contributed by atoms with Gasteiger partial charge in [0.05, 0.1) is 0 Å². The van der Waals surface area contributed by atoms with Crippen molar-refractivity contribution in [3.05, 3.63) is 38.8 Å². The number of rotatable bonds is 3. The quantitative estimate of drug-likeness (QED) is 0.841. The highest BCUT2D eigenvalue weighted by atomic mass is 35.5. The summed E-state index contributed by atoms with van der Waals surface area (Å²) in [4.78, 5) is 51.4. The molecular formula is C17H13ClN2O7. The van der Waals surface area contributed by atoms with Gasteiger partial charge in [0.15, 0.2) is 5.76 Å². The maximum Gasteiger partial charge on any atom is 0.422 e. The number of nitrogens with zero attached hydrogens (tertiary/aromatic N) is 2. The Morgan fingerprint density at radius 2 is 2.07 bits per heavy atom. The van der Waals surface area contributed by atoms with Gasteiger partial charge in [0, 0.05) is 18.4 Å². The Morgan fingerprint density at radius 1 is 1.33 bits per heavy atom. The third kappa shape index (κ3) is 3.82. The zero-order valence-corrected chi connectivity index (χ0v) is 14.8. The molecule has 2 amide bonds. The molecule has 3 rings (SSSR count). The normalized spacial score (nSPS) is 12.9. The van der Waals surface area contributed by atoms with E-state index in [1.54, 1.807) is 6.08 Å². The molecule has 0 saturated carbocycles. The average molecular weight is 393 g/mol. The van der Waals surface area contributed by atoms with E-state index in [1.807, 2.05) is 0 Å². The summed E-state index contributed by atoms with van der Waals surface area (Å²) in [5, 5.41) is 9.43. The molecule has 1 N–H and O–H groups in total. The van der Waals surface area contributed by atoms with E-state index >= 15 is 0 Å². The fraction of sp³-hybridized carbons (Fsp3) is 0.235. The van der Waals surface area contributed by atoms with E-state index in [0.29, 0.717) is 34.2 Å². The molecule has 0 unspecified atom stereocenters. The van der Waals surface area contributed by atoms with E-state index in [-0.39, 0.29) is 11.5 Å². The third-order valence-electron chi connectivity index (χ3n) is 3.77. The van der Waals surface area contributed by atoms with Gasteiger partial charge in [-0.1, -0.05) is 11.6 Å². The summed E-state index contributed by atoms with van der Waals surface area (Å²) in [6.45, 7) is 0.102. The van der Waals surface area contributed by atoms with Gasteiger partial charge < -0.3 is 14.3 Å². The fourth-order valence-corrected chi connectivity index (χ4v) is 2.71. The molecule has 3 aliphatic rings. The van der Waals surface area contributed by atoms with E-state index < -0.39 is 35.7 Å². The summed E-state index contributed by atoms with van der Waals surface area (Å²) in [5.74, 6) is -2.33. The molecule has 0 aromatic heterocycles. The monoisotopic (exact) mass is 392 g/mol. The first-order valence-corrected chi connectivity index (χ1v) is 8.18. The number of carboxylic acids is 1. The lowest BCUT2D eigenvalue weighted by Crippen LogP contribution is -2.41. The molecule has 1 heterocycles. The van der Waals surface area contributed by atoms with Crippen molar-refractivity contribution in [3.63, 3.8) is 0 Å². The first-order valence-electron chi connectivity index (χ1n) is 7.80. The second-order valence-electron chi connectivity index (χ2n) is 5.72. The Kier molecular flexibility index (Phi) is 4.95. The molecule has 0 atom stereocenters. The van der Waals surface area contributed by atoms with Crippen molar-refractivity contribution in [2.75, 3.05) is 6.54 Å². The number of hydrogen-bond donors (Lipinski definition) is 1. The lowest BCUT2D eigenvalue weighted by atomic mass is 10.1. The number of fused-ring (bicyclic) bond motifs is 2. The Bertz CT molecular complexity index is 1010. The SMILES string of the molecule is CC(=O)N(CC(=O)O)C(=O)Oc1c2oc3c(nc-2ccc1=O)C=C(Cl)CC3. The summed E-state index contributed by atoms with van der Waals surface area (Å²) in [6.07, 6.45) is 1.33. The number of imide groups is 1. The predicted octanol–water partition coefficient (Wildman–Crippen LogP) is 2.10. The summed E-state index contributed by atoms with van der Waals surface area (Å²) in [6, 6.07) is 2.53. The first kappa shape index (κ1) is 18.6. The van der Waals surface area contributed by atoms with Crippen molar-refractivity contribution in [3.8, 4) is 17.2 Å². The molecule has 0 aromatic rings. The van der Waals surface area contributed by atoms with Crippen LogP contribution >= 0.6 is 11.6 Å². The number of hydrogen-bond acceptors (Lipinski definition) is 7. The van der Waals surface area contributed by atoms with Gasteiger partial charge in [-0.2, -0.15) is 0 Å². The molecule has 1 aliphatic heterocycles. The van der Waals surface area contributed by atoms with Crippen molar-refractivity contribution in [1.29, 1.82) is 0 Å². The van der Waals surface area contributed by atoms with Gasteiger partial charge in [-0.05, 0) is 24.6 Å². The lowest BCUT2D eigenvalue weighted by Gasteiger charge is -2.18. The lowest BCUT2D eigenvalue weighted by molar-refractivity contribution is -0.142. The minimum atomic E-state index is -1.41. The molecule has 27 heavy (non-hydrogen) atoms. The van der Waals surface area contributed by atoms with Gasteiger partial charge in [0.25, 0.3) is 0 Å². The van der Waals surface area contributed by atoms with Gasteiger partial charge in [-0.15, -0.1) is 0 Å². The molecule has 0 aromatic carbocycles. The Hall–Kier alpha value is -3.20.